The quantitative estimate of drug-likeness (QED) is 0.263. The van der Waals surface area contributed by atoms with Gasteiger partial charge in [-0.1, -0.05) is 46.8 Å². The number of carbonyl (C=O) groups is 3. The Morgan fingerprint density at radius 2 is 1.57 bits per heavy atom. The van der Waals surface area contributed by atoms with E-state index in [1.165, 1.54) is 19.3 Å². The van der Waals surface area contributed by atoms with Crippen LogP contribution in [0.1, 0.15) is 107 Å². The molecule has 246 valence electrons. The predicted molar refractivity (Wildman–Crippen MR) is 165 cm³/mol. The van der Waals surface area contributed by atoms with Crippen LogP contribution in [0.3, 0.4) is 0 Å². The number of Topliss-reactive ketones (excluding diaryl/α,β-unsaturated/α-hetero) is 1. The summed E-state index contributed by atoms with van der Waals surface area (Å²) in [5.74, 6) is -0.477. The van der Waals surface area contributed by atoms with Gasteiger partial charge >= 0.3 is 12.1 Å². The number of aliphatic hydroxyl groups is 2. The van der Waals surface area contributed by atoms with Crippen LogP contribution < -0.4 is 0 Å². The zero-order valence-corrected chi connectivity index (χ0v) is 28.0. The van der Waals surface area contributed by atoms with E-state index in [1.807, 2.05) is 33.8 Å². The predicted octanol–water partition coefficient (Wildman–Crippen LogP) is 6.32. The molecule has 5 aliphatic rings. The first-order valence-electron chi connectivity index (χ1n) is 16.8. The van der Waals surface area contributed by atoms with E-state index in [9.17, 15) is 24.6 Å². The Morgan fingerprint density at radius 1 is 0.932 bits per heavy atom. The molecule has 8 nitrogen and oxygen atoms in total. The molecule has 0 radical (unpaired) electrons. The van der Waals surface area contributed by atoms with E-state index < -0.39 is 51.9 Å². The zero-order chi connectivity index (χ0) is 32.5. The Hall–Kier alpha value is -2.19. The molecule has 2 bridgehead atoms. The second kappa shape index (κ2) is 11.3. The van der Waals surface area contributed by atoms with E-state index >= 15 is 0 Å². The fourth-order valence-corrected chi connectivity index (χ4v) is 10.4. The molecule has 2 unspecified atom stereocenters. The number of rotatable bonds is 6. The highest BCUT2D eigenvalue weighted by atomic mass is 16.7. The Bertz CT molecular complexity index is 1230. The SMILES string of the molecule is CCOC(=O)OCC1=C[C@H]2C(C)(C)[C@](C)(OC(=O)CC3(C)CC4CC(C)CC(C4)C3)C[C@@H](C)[C@]2(O)[C@@H]2C=C(C)C(=O)[C@@]2(O)C1. The molecule has 0 aromatic rings. The second-order valence-electron chi connectivity index (χ2n) is 16.4. The maximum Gasteiger partial charge on any atom is 0.508 e. The van der Waals surface area contributed by atoms with Gasteiger partial charge in [-0.15, -0.1) is 0 Å². The van der Waals surface area contributed by atoms with Gasteiger partial charge in [-0.25, -0.2) is 4.79 Å². The van der Waals surface area contributed by atoms with Crippen molar-refractivity contribution in [2.24, 2.45) is 46.3 Å². The maximum absolute atomic E-state index is 13.8. The van der Waals surface area contributed by atoms with Crippen LogP contribution >= 0.6 is 0 Å². The number of carbonyl (C=O) groups excluding carboxylic acids is 3. The van der Waals surface area contributed by atoms with Gasteiger partial charge in [-0.2, -0.15) is 0 Å². The van der Waals surface area contributed by atoms with Crippen LogP contribution in [0.5, 0.6) is 0 Å². The van der Waals surface area contributed by atoms with Gasteiger partial charge in [0, 0.05) is 23.7 Å². The minimum Gasteiger partial charge on any atom is -0.459 e. The van der Waals surface area contributed by atoms with Crippen LogP contribution in [-0.4, -0.2) is 58.1 Å². The van der Waals surface area contributed by atoms with Gasteiger partial charge in [0.15, 0.2) is 5.78 Å². The fraction of sp³-hybridized carbons (Fsp3) is 0.806. The first-order chi connectivity index (χ1) is 20.4. The number of hydrogen-bond acceptors (Lipinski definition) is 8. The molecule has 3 saturated carbocycles. The van der Waals surface area contributed by atoms with Crippen molar-refractivity contribution < 1.29 is 38.8 Å². The van der Waals surface area contributed by atoms with Crippen LogP contribution in [0.4, 0.5) is 4.79 Å². The molecule has 2 N–H and O–H groups in total. The summed E-state index contributed by atoms with van der Waals surface area (Å²) in [6.45, 7) is 15.8. The fourth-order valence-electron chi connectivity index (χ4n) is 10.4. The van der Waals surface area contributed by atoms with Crippen molar-refractivity contribution in [3.8, 4) is 0 Å². The minimum absolute atomic E-state index is 0.0822. The molecule has 0 aromatic heterocycles. The van der Waals surface area contributed by atoms with Crippen molar-refractivity contribution in [3.05, 3.63) is 23.3 Å². The van der Waals surface area contributed by atoms with Gasteiger partial charge in [-0.05, 0) is 99.5 Å². The molecule has 0 amide bonds. The Balaban J connectivity index is 1.45. The van der Waals surface area contributed by atoms with Crippen molar-refractivity contribution >= 4 is 17.9 Å². The summed E-state index contributed by atoms with van der Waals surface area (Å²) in [5, 5.41) is 24.7. The third-order valence-electron chi connectivity index (χ3n) is 12.5. The first kappa shape index (κ1) is 33.2. The zero-order valence-electron chi connectivity index (χ0n) is 28.0. The van der Waals surface area contributed by atoms with Gasteiger partial charge in [0.05, 0.1) is 18.6 Å². The van der Waals surface area contributed by atoms with Crippen LogP contribution in [0.15, 0.2) is 23.3 Å². The van der Waals surface area contributed by atoms with E-state index in [1.54, 1.807) is 19.9 Å². The first-order valence-corrected chi connectivity index (χ1v) is 16.8. The van der Waals surface area contributed by atoms with E-state index in [-0.39, 0.29) is 31.0 Å². The molecule has 0 saturated heterocycles. The maximum atomic E-state index is 13.8. The summed E-state index contributed by atoms with van der Waals surface area (Å²) in [4.78, 5) is 39.3. The van der Waals surface area contributed by atoms with Gasteiger partial charge in [0.1, 0.15) is 17.8 Å². The Morgan fingerprint density at radius 3 is 2.18 bits per heavy atom. The molecule has 0 aromatic carbocycles. The molecular weight excluding hydrogens is 560 g/mol. The molecular formula is C36H54O8. The average molecular weight is 615 g/mol. The van der Waals surface area contributed by atoms with Gasteiger partial charge in [0.2, 0.25) is 0 Å². The lowest BCUT2D eigenvalue weighted by Crippen LogP contribution is -2.68. The van der Waals surface area contributed by atoms with Gasteiger partial charge in [-0.3, -0.25) is 9.59 Å². The van der Waals surface area contributed by atoms with Crippen molar-refractivity contribution in [2.75, 3.05) is 13.2 Å². The topological polar surface area (TPSA) is 119 Å². The molecule has 5 aliphatic carbocycles. The molecule has 0 heterocycles. The Labute approximate surface area is 263 Å². The molecule has 5 rings (SSSR count). The molecule has 44 heavy (non-hydrogen) atoms. The van der Waals surface area contributed by atoms with E-state index in [2.05, 4.69) is 13.8 Å². The highest BCUT2D eigenvalue weighted by Crippen LogP contribution is 2.63. The van der Waals surface area contributed by atoms with Crippen LogP contribution in [0.2, 0.25) is 0 Å². The lowest BCUT2D eigenvalue weighted by atomic mass is 9.48. The van der Waals surface area contributed by atoms with Crippen LogP contribution in [0.25, 0.3) is 0 Å². The smallest absolute Gasteiger partial charge is 0.459 e. The third-order valence-corrected chi connectivity index (χ3v) is 12.5. The Kier molecular flexibility index (Phi) is 8.49. The largest absolute Gasteiger partial charge is 0.508 e. The summed E-state index contributed by atoms with van der Waals surface area (Å²) in [5.41, 5.74) is -4.31. The van der Waals surface area contributed by atoms with Crippen LogP contribution in [0, 0.1) is 46.3 Å². The molecule has 0 spiro atoms. The number of ketones is 1. The molecule has 3 fully saturated rings. The summed E-state index contributed by atoms with van der Waals surface area (Å²) >= 11 is 0. The molecule has 8 heteroatoms. The normalized spacial score (nSPS) is 44.4. The van der Waals surface area contributed by atoms with E-state index in [0.717, 1.165) is 18.8 Å². The van der Waals surface area contributed by atoms with Crippen molar-refractivity contribution in [1.82, 2.24) is 0 Å². The van der Waals surface area contributed by atoms with E-state index in [4.69, 9.17) is 14.2 Å². The standard InChI is InChI=1S/C36H54O8/c1-9-42-31(39)43-20-26-14-27-32(5,6)34(8,15-23(4)36(27,41)28-12-22(3)30(38)35(28,40)18-26)44-29(37)19-33(7)16-24-10-21(2)11-25(13-24)17-33/h12,14,21,23-25,27-28,40-41H,9-11,13,15-20H2,1-8H3/t21?,23-,24?,25?,27+,28-,33?,34-,35-,36-/m1/s1. The lowest BCUT2D eigenvalue weighted by molar-refractivity contribution is -0.246. The molecule has 8 atom stereocenters. The summed E-state index contributed by atoms with van der Waals surface area (Å²) in [6, 6.07) is 0. The number of ether oxygens (including phenoxy) is 3. The monoisotopic (exact) mass is 614 g/mol. The number of hydrogen-bond donors (Lipinski definition) is 2. The highest BCUT2D eigenvalue weighted by Gasteiger charge is 2.70. The average Bonchev–Trinajstić information content (AvgIpc) is 3.05. The minimum atomic E-state index is -1.88. The van der Waals surface area contributed by atoms with Crippen molar-refractivity contribution in [2.45, 2.75) is 124 Å². The highest BCUT2D eigenvalue weighted by molar-refractivity contribution is 6.04. The number of esters is 1. The lowest BCUT2D eigenvalue weighted by Gasteiger charge is -2.61. The summed E-state index contributed by atoms with van der Waals surface area (Å²) < 4.78 is 16.8. The number of fused-ring (bicyclic) bond motifs is 5. The van der Waals surface area contributed by atoms with E-state index in [0.29, 0.717) is 35.8 Å². The summed E-state index contributed by atoms with van der Waals surface area (Å²) in [6.07, 6.45) is 9.24. The van der Waals surface area contributed by atoms with Gasteiger partial charge in [0.25, 0.3) is 0 Å². The van der Waals surface area contributed by atoms with Crippen LogP contribution in [-0.2, 0) is 23.8 Å². The van der Waals surface area contributed by atoms with Crippen molar-refractivity contribution in [3.63, 3.8) is 0 Å². The second-order valence-corrected chi connectivity index (χ2v) is 16.4. The van der Waals surface area contributed by atoms with Crippen molar-refractivity contribution in [1.29, 1.82) is 0 Å². The summed E-state index contributed by atoms with van der Waals surface area (Å²) in [7, 11) is 0. The molecule has 0 aliphatic heterocycles. The third kappa shape index (κ3) is 5.46. The van der Waals surface area contributed by atoms with Gasteiger partial charge < -0.3 is 24.4 Å².